The third-order valence-electron chi connectivity index (χ3n) is 3.03. The quantitative estimate of drug-likeness (QED) is 0.500. The van der Waals surface area contributed by atoms with Gasteiger partial charge in [-0.1, -0.05) is 26.7 Å². The van der Waals surface area contributed by atoms with Gasteiger partial charge in [0.15, 0.2) is 0 Å². The van der Waals surface area contributed by atoms with Gasteiger partial charge in [0.25, 0.3) is 0 Å². The van der Waals surface area contributed by atoms with E-state index >= 15 is 0 Å². The van der Waals surface area contributed by atoms with Crippen molar-refractivity contribution in [1.82, 2.24) is 4.67 Å². The van der Waals surface area contributed by atoms with Gasteiger partial charge in [-0.3, -0.25) is 9.05 Å². The Labute approximate surface area is 116 Å². The van der Waals surface area contributed by atoms with E-state index in [2.05, 4.69) is 13.8 Å². The fourth-order valence-electron chi connectivity index (χ4n) is 1.86. The van der Waals surface area contributed by atoms with Crippen LogP contribution in [0.3, 0.4) is 0 Å². The van der Waals surface area contributed by atoms with E-state index in [0.29, 0.717) is 12.5 Å². The predicted octanol–water partition coefficient (Wildman–Crippen LogP) is 4.04. The van der Waals surface area contributed by atoms with Gasteiger partial charge >= 0.3 is 7.75 Å². The number of rotatable bonds is 8. The van der Waals surface area contributed by atoms with Gasteiger partial charge in [0.1, 0.15) is 0 Å². The first kappa shape index (κ1) is 16.5. The molecule has 0 aromatic rings. The lowest BCUT2D eigenvalue weighted by molar-refractivity contribution is 0.0646. The zero-order valence-corrected chi connectivity index (χ0v) is 13.1. The minimum absolute atomic E-state index is 0.142. The van der Waals surface area contributed by atoms with Crippen LogP contribution in [-0.2, 0) is 13.6 Å². The fourth-order valence-corrected chi connectivity index (χ4v) is 4.19. The van der Waals surface area contributed by atoms with Crippen molar-refractivity contribution in [3.63, 3.8) is 0 Å². The second-order valence-corrected chi connectivity index (χ2v) is 6.91. The molecule has 0 aliphatic carbocycles. The first-order chi connectivity index (χ1) is 8.66. The first-order valence-electron chi connectivity index (χ1n) is 6.90. The molecule has 4 nitrogen and oxygen atoms in total. The summed E-state index contributed by atoms with van der Waals surface area (Å²) in [4.78, 5) is 0. The van der Waals surface area contributed by atoms with Crippen LogP contribution in [0.4, 0.5) is 0 Å². The molecule has 0 aromatic carbocycles. The smallest absolute Gasteiger partial charge is 0.297 e. The number of halogens is 1. The molecule has 1 fully saturated rings. The lowest BCUT2D eigenvalue weighted by Crippen LogP contribution is -2.32. The van der Waals surface area contributed by atoms with Crippen molar-refractivity contribution in [2.24, 2.45) is 0 Å². The molecule has 1 rings (SSSR count). The molecule has 1 aliphatic heterocycles. The van der Waals surface area contributed by atoms with Gasteiger partial charge in [0.05, 0.1) is 12.7 Å². The molecule has 0 radical (unpaired) electrons. The number of hydrogen-bond acceptors (Lipinski definition) is 3. The highest BCUT2D eigenvalue weighted by Crippen LogP contribution is 2.55. The maximum Gasteiger partial charge on any atom is 0.408 e. The van der Waals surface area contributed by atoms with Crippen LogP contribution in [0.5, 0.6) is 0 Å². The molecular weight excluding hydrogens is 273 g/mol. The lowest BCUT2D eigenvalue weighted by Gasteiger charge is -2.35. The molecule has 0 unspecified atom stereocenters. The second kappa shape index (κ2) is 8.55. The van der Waals surface area contributed by atoms with E-state index in [1.807, 2.05) is 4.67 Å². The van der Waals surface area contributed by atoms with Crippen molar-refractivity contribution >= 4 is 19.3 Å². The van der Waals surface area contributed by atoms with Crippen LogP contribution < -0.4 is 0 Å². The average molecular weight is 298 g/mol. The van der Waals surface area contributed by atoms with Crippen LogP contribution in [0.15, 0.2) is 0 Å². The van der Waals surface area contributed by atoms with E-state index in [0.717, 1.165) is 45.2 Å². The molecule has 18 heavy (non-hydrogen) atoms. The summed E-state index contributed by atoms with van der Waals surface area (Å²) in [5.74, 6) is 0.378. The van der Waals surface area contributed by atoms with Crippen molar-refractivity contribution in [1.29, 1.82) is 0 Å². The molecule has 0 bridgehead atoms. The van der Waals surface area contributed by atoms with E-state index in [-0.39, 0.29) is 6.10 Å². The average Bonchev–Trinajstić information content (AvgIpc) is 2.38. The summed E-state index contributed by atoms with van der Waals surface area (Å²) in [5.41, 5.74) is 0. The van der Waals surface area contributed by atoms with Gasteiger partial charge in [-0.05, 0) is 19.3 Å². The van der Waals surface area contributed by atoms with Gasteiger partial charge in [0.2, 0.25) is 0 Å². The molecule has 1 saturated heterocycles. The molecule has 0 N–H and O–H groups in total. The zero-order chi connectivity index (χ0) is 13.4. The molecular formula is C12H25ClNO3P. The Kier molecular flexibility index (Phi) is 7.81. The zero-order valence-electron chi connectivity index (χ0n) is 11.4. The van der Waals surface area contributed by atoms with Crippen LogP contribution in [-0.4, -0.2) is 36.4 Å². The molecule has 2 atom stereocenters. The minimum atomic E-state index is -3.11. The number of unbranched alkanes of at least 4 members (excludes halogenated alkanes) is 2. The van der Waals surface area contributed by atoms with E-state index in [9.17, 15) is 4.57 Å². The van der Waals surface area contributed by atoms with Crippen LogP contribution in [0.25, 0.3) is 0 Å². The Bertz CT molecular complexity index is 270. The fraction of sp³-hybridized carbons (Fsp3) is 1.00. The summed E-state index contributed by atoms with van der Waals surface area (Å²) in [6.07, 6.45) is 4.74. The van der Waals surface area contributed by atoms with E-state index in [1.54, 1.807) is 0 Å². The Balaban J connectivity index is 2.64. The van der Waals surface area contributed by atoms with Crippen LogP contribution in [0.2, 0.25) is 0 Å². The Hall–Kier alpha value is 0.400. The van der Waals surface area contributed by atoms with Crippen LogP contribution >= 0.6 is 19.3 Å². The van der Waals surface area contributed by atoms with Crippen LogP contribution in [0.1, 0.15) is 46.0 Å². The van der Waals surface area contributed by atoms with E-state index in [4.69, 9.17) is 20.6 Å². The Morgan fingerprint density at radius 3 is 2.39 bits per heavy atom. The molecule has 0 spiro atoms. The highest BCUT2D eigenvalue weighted by Gasteiger charge is 2.38. The summed E-state index contributed by atoms with van der Waals surface area (Å²) in [6.45, 7) is 6.26. The largest absolute Gasteiger partial charge is 0.408 e. The number of nitrogens with zero attached hydrogens (tertiary/aromatic N) is 1. The number of hydrogen-bond donors (Lipinski definition) is 0. The standard InChI is InChI=1S/C12H25ClNO3P/c1-3-5-8-14(9-6-4-2)18(15)16-10-7-12(11-13)17-18/h12H,3-11H2,1-2H3/t12-,18+/m0/s1. The topological polar surface area (TPSA) is 38.8 Å². The van der Waals surface area contributed by atoms with Gasteiger partial charge in [0, 0.05) is 19.0 Å². The normalized spacial score (nSPS) is 28.8. The highest BCUT2D eigenvalue weighted by atomic mass is 35.5. The molecule has 108 valence electrons. The molecule has 0 amide bonds. The summed E-state index contributed by atoms with van der Waals surface area (Å²) < 4.78 is 25.7. The minimum Gasteiger partial charge on any atom is -0.297 e. The van der Waals surface area contributed by atoms with Gasteiger partial charge in [-0.25, -0.2) is 9.24 Å². The van der Waals surface area contributed by atoms with Gasteiger partial charge in [-0.2, -0.15) is 0 Å². The van der Waals surface area contributed by atoms with Crippen molar-refractivity contribution in [2.45, 2.75) is 52.1 Å². The number of alkyl halides is 1. The van der Waals surface area contributed by atoms with Crippen molar-refractivity contribution < 1.29 is 13.6 Å². The first-order valence-corrected chi connectivity index (χ1v) is 8.93. The molecule has 1 aliphatic rings. The summed E-state index contributed by atoms with van der Waals surface area (Å²) in [7, 11) is -3.11. The molecule has 6 heteroatoms. The third kappa shape index (κ3) is 4.82. The maximum absolute atomic E-state index is 12.7. The van der Waals surface area contributed by atoms with E-state index in [1.165, 1.54) is 0 Å². The molecule has 0 saturated carbocycles. The van der Waals surface area contributed by atoms with Gasteiger partial charge in [-0.15, -0.1) is 11.6 Å². The summed E-state index contributed by atoms with van der Waals surface area (Å²) in [5, 5.41) is 0. The Morgan fingerprint density at radius 1 is 1.28 bits per heavy atom. The second-order valence-electron chi connectivity index (χ2n) is 4.63. The third-order valence-corrected chi connectivity index (χ3v) is 5.55. The maximum atomic E-state index is 12.7. The Morgan fingerprint density at radius 2 is 1.89 bits per heavy atom. The van der Waals surface area contributed by atoms with E-state index < -0.39 is 7.75 Å². The summed E-state index contributed by atoms with van der Waals surface area (Å²) >= 11 is 5.80. The highest BCUT2D eigenvalue weighted by molar-refractivity contribution is 7.51. The van der Waals surface area contributed by atoms with Crippen LogP contribution in [0, 0.1) is 0 Å². The predicted molar refractivity (Wildman–Crippen MR) is 75.2 cm³/mol. The lowest BCUT2D eigenvalue weighted by atomic mass is 10.3. The van der Waals surface area contributed by atoms with Crippen molar-refractivity contribution in [3.8, 4) is 0 Å². The van der Waals surface area contributed by atoms with Gasteiger partial charge < -0.3 is 0 Å². The SMILES string of the molecule is CCCCN(CCCC)[P@@]1(=O)OCC[C@@H](CCl)O1. The van der Waals surface area contributed by atoms with Crippen molar-refractivity contribution in [2.75, 3.05) is 25.6 Å². The monoisotopic (exact) mass is 297 g/mol. The molecule has 0 aromatic heterocycles. The van der Waals surface area contributed by atoms with Crippen molar-refractivity contribution in [3.05, 3.63) is 0 Å². The molecule has 1 heterocycles. The summed E-state index contributed by atoms with van der Waals surface area (Å²) in [6, 6.07) is 0.